The van der Waals surface area contributed by atoms with Crippen molar-refractivity contribution in [1.29, 1.82) is 0 Å². The summed E-state index contributed by atoms with van der Waals surface area (Å²) in [7, 11) is 11.0. The number of carbonyl (C=O) groups excluding carboxylic acids is 3. The Morgan fingerprint density at radius 3 is 1.63 bits per heavy atom. The van der Waals surface area contributed by atoms with E-state index in [-0.39, 0.29) is 13.0 Å². The average Bonchev–Trinajstić information content (AvgIpc) is 2.31. The molecule has 0 radical (unpaired) electrons. The Kier molecular flexibility index (Phi) is 11.0. The second kappa shape index (κ2) is 10.7. The fourth-order valence-corrected chi connectivity index (χ4v) is 2.67. The van der Waals surface area contributed by atoms with Gasteiger partial charge in [-0.3, -0.25) is 4.79 Å². The van der Waals surface area contributed by atoms with Crippen LogP contribution in [-0.2, 0) is 14.4 Å². The average molecular weight is 392 g/mol. The molecular formula is C18H36N2O7. The van der Waals surface area contributed by atoms with Gasteiger partial charge in [0.05, 0.1) is 42.3 Å². The standard InChI is InChI=1S/C11H21NO4.C7H15NO3/c1-8(2)10(15)11(16,6-9(13)14)7-12(3,4)5;1-8(2,3)5-6(9)4-7(10)11/h8,16H,6-7H2,1-5H3;6,9H,4-5H2,1-3H3/t11-;/m1./s1. The van der Waals surface area contributed by atoms with Crippen molar-refractivity contribution in [3.05, 3.63) is 0 Å². The Labute approximate surface area is 162 Å². The molecular weight excluding hydrogens is 356 g/mol. The van der Waals surface area contributed by atoms with Crippen molar-refractivity contribution in [2.45, 2.75) is 38.4 Å². The minimum absolute atomic E-state index is 0.0536. The van der Waals surface area contributed by atoms with Gasteiger partial charge in [0.15, 0.2) is 11.4 Å². The molecule has 0 heterocycles. The first-order valence-corrected chi connectivity index (χ1v) is 8.74. The van der Waals surface area contributed by atoms with E-state index in [1.54, 1.807) is 35.0 Å². The summed E-state index contributed by atoms with van der Waals surface area (Å²) >= 11 is 0. The van der Waals surface area contributed by atoms with Gasteiger partial charge < -0.3 is 39.0 Å². The van der Waals surface area contributed by atoms with Crippen LogP contribution < -0.4 is 10.2 Å². The number of carboxylic acids is 2. The van der Waals surface area contributed by atoms with Crippen LogP contribution in [-0.4, -0.2) is 104 Å². The van der Waals surface area contributed by atoms with Gasteiger partial charge in [-0.05, 0) is 0 Å². The van der Waals surface area contributed by atoms with Crippen LogP contribution in [0.4, 0.5) is 0 Å². The molecule has 0 rings (SSSR count). The van der Waals surface area contributed by atoms with Crippen LogP contribution in [0.25, 0.3) is 0 Å². The van der Waals surface area contributed by atoms with Gasteiger partial charge in [-0.1, -0.05) is 13.8 Å². The summed E-state index contributed by atoms with van der Waals surface area (Å²) in [4.78, 5) is 32.4. The molecule has 0 aromatic rings. The third-order valence-electron chi connectivity index (χ3n) is 3.32. The maximum atomic E-state index is 11.8. The lowest BCUT2D eigenvalue weighted by atomic mass is 9.87. The topological polar surface area (TPSA) is 138 Å². The summed E-state index contributed by atoms with van der Waals surface area (Å²) in [6.07, 6.45) is -1.74. The highest BCUT2D eigenvalue weighted by molar-refractivity contribution is 5.92. The van der Waals surface area contributed by atoms with Crippen molar-refractivity contribution in [2.75, 3.05) is 55.4 Å². The lowest BCUT2D eigenvalue weighted by molar-refractivity contribution is -0.875. The van der Waals surface area contributed by atoms with Gasteiger partial charge in [0.25, 0.3) is 0 Å². The van der Waals surface area contributed by atoms with Gasteiger partial charge in [0.1, 0.15) is 19.2 Å². The lowest BCUT2D eigenvalue weighted by Gasteiger charge is -2.35. The van der Waals surface area contributed by atoms with Crippen molar-refractivity contribution in [1.82, 2.24) is 0 Å². The quantitative estimate of drug-likeness (QED) is 0.377. The third kappa shape index (κ3) is 15.2. The molecule has 2 atom stereocenters. The van der Waals surface area contributed by atoms with Gasteiger partial charge in [-0.15, -0.1) is 0 Å². The summed E-state index contributed by atoms with van der Waals surface area (Å²) in [6.45, 7) is 3.75. The number of nitrogens with zero attached hydrogens (tertiary/aromatic N) is 2. The van der Waals surface area contributed by atoms with Crippen molar-refractivity contribution >= 4 is 17.7 Å². The minimum atomic E-state index is -1.84. The molecule has 0 aliphatic heterocycles. The number of carboxylic acid groups (broad SMARTS) is 2. The van der Waals surface area contributed by atoms with Gasteiger partial charge >= 0.3 is 0 Å². The maximum Gasteiger partial charge on any atom is 0.177 e. The molecule has 160 valence electrons. The first-order chi connectivity index (χ1) is 11.8. The van der Waals surface area contributed by atoms with Crippen LogP contribution in [0.1, 0.15) is 26.7 Å². The van der Waals surface area contributed by atoms with Crippen LogP contribution in [0.3, 0.4) is 0 Å². The van der Waals surface area contributed by atoms with E-state index in [1.165, 1.54) is 0 Å². The predicted octanol–water partition coefficient (Wildman–Crippen LogP) is -3.02. The van der Waals surface area contributed by atoms with E-state index in [4.69, 9.17) is 5.11 Å². The van der Waals surface area contributed by atoms with Gasteiger partial charge in [0, 0.05) is 30.7 Å². The van der Waals surface area contributed by atoms with Crippen LogP contribution in [0.15, 0.2) is 0 Å². The molecule has 9 heteroatoms. The number of carbonyl (C=O) groups is 3. The third-order valence-corrected chi connectivity index (χ3v) is 3.32. The van der Waals surface area contributed by atoms with E-state index in [9.17, 15) is 29.7 Å². The monoisotopic (exact) mass is 392 g/mol. The zero-order chi connectivity index (χ0) is 22.2. The van der Waals surface area contributed by atoms with E-state index in [1.807, 2.05) is 21.1 Å². The molecule has 2 N–H and O–H groups in total. The van der Waals surface area contributed by atoms with Crippen LogP contribution in [0.2, 0.25) is 0 Å². The van der Waals surface area contributed by atoms with E-state index in [0.29, 0.717) is 15.5 Å². The molecule has 0 aromatic heterocycles. The molecule has 1 unspecified atom stereocenters. The summed E-state index contributed by atoms with van der Waals surface area (Å²) in [5.41, 5.74) is -1.84. The number of ketones is 1. The number of Topliss-reactive ketones (excluding diaryl/α,β-unsaturated/α-hetero) is 1. The zero-order valence-electron chi connectivity index (χ0n) is 17.8. The minimum Gasteiger partial charge on any atom is -0.550 e. The molecule has 0 bridgehead atoms. The second-order valence-electron chi connectivity index (χ2n) is 9.25. The van der Waals surface area contributed by atoms with Crippen molar-refractivity contribution in [2.24, 2.45) is 5.92 Å². The van der Waals surface area contributed by atoms with E-state index in [0.717, 1.165) is 0 Å². The summed E-state index contributed by atoms with van der Waals surface area (Å²) in [6, 6.07) is 0. The highest BCUT2D eigenvalue weighted by atomic mass is 16.4. The number of hydrogen-bond acceptors (Lipinski definition) is 7. The molecule has 0 aromatic carbocycles. The highest BCUT2D eigenvalue weighted by Gasteiger charge is 2.42. The van der Waals surface area contributed by atoms with Gasteiger partial charge in [0.2, 0.25) is 0 Å². The van der Waals surface area contributed by atoms with Crippen LogP contribution >= 0.6 is 0 Å². The van der Waals surface area contributed by atoms with E-state index >= 15 is 0 Å². The molecule has 0 aliphatic carbocycles. The maximum absolute atomic E-state index is 11.8. The highest BCUT2D eigenvalue weighted by Crippen LogP contribution is 2.19. The van der Waals surface area contributed by atoms with Crippen molar-refractivity contribution in [3.8, 4) is 0 Å². The van der Waals surface area contributed by atoms with Crippen molar-refractivity contribution < 1.29 is 43.8 Å². The van der Waals surface area contributed by atoms with Crippen molar-refractivity contribution in [3.63, 3.8) is 0 Å². The largest absolute Gasteiger partial charge is 0.550 e. The second-order valence-corrected chi connectivity index (χ2v) is 9.25. The number of likely N-dealkylation sites (N-methyl/N-ethyl adjacent to an activating group) is 2. The summed E-state index contributed by atoms with van der Waals surface area (Å²) in [5.74, 6) is -3.48. The van der Waals surface area contributed by atoms with E-state index in [2.05, 4.69) is 0 Å². The van der Waals surface area contributed by atoms with Crippen LogP contribution in [0.5, 0.6) is 0 Å². The Morgan fingerprint density at radius 2 is 1.37 bits per heavy atom. The Balaban J connectivity index is 0. The predicted molar refractivity (Wildman–Crippen MR) is 95.8 cm³/mol. The molecule has 0 fully saturated rings. The Bertz CT molecular complexity index is 507. The fourth-order valence-electron chi connectivity index (χ4n) is 2.67. The van der Waals surface area contributed by atoms with Crippen LogP contribution in [0, 0.1) is 5.92 Å². The normalized spacial score (nSPS) is 15.4. The summed E-state index contributed by atoms with van der Waals surface area (Å²) < 4.78 is 0.858. The number of aliphatic hydroxyl groups excluding tert-OH is 1. The number of aliphatic hydroxyl groups is 2. The van der Waals surface area contributed by atoms with E-state index < -0.39 is 41.8 Å². The smallest absolute Gasteiger partial charge is 0.177 e. The lowest BCUT2D eigenvalue weighted by Crippen LogP contribution is -2.57. The Hall–Kier alpha value is -1.55. The molecule has 0 aliphatic rings. The first kappa shape index (κ1) is 27.7. The molecule has 0 saturated carbocycles. The fraction of sp³-hybridized carbons (Fsp3) is 0.833. The molecule has 0 saturated heterocycles. The Morgan fingerprint density at radius 1 is 0.926 bits per heavy atom. The number of quaternary nitrogens is 2. The zero-order valence-corrected chi connectivity index (χ0v) is 17.8. The summed E-state index contributed by atoms with van der Waals surface area (Å²) in [5, 5.41) is 39.9. The van der Waals surface area contributed by atoms with Gasteiger partial charge in [-0.2, -0.15) is 0 Å². The van der Waals surface area contributed by atoms with Gasteiger partial charge in [-0.25, -0.2) is 0 Å². The molecule has 27 heavy (non-hydrogen) atoms. The number of rotatable bonds is 10. The molecule has 0 spiro atoms. The number of hydrogen-bond donors (Lipinski definition) is 2. The molecule has 0 amide bonds. The SMILES string of the molecule is CC(C)C(=O)[C@@](O)(CC(=O)[O-])C[N+](C)(C)C.C[N+](C)(C)CC(O)CC(=O)[O-]. The number of aliphatic carboxylic acids is 2. The first-order valence-electron chi connectivity index (χ1n) is 8.74. The molecule has 9 nitrogen and oxygen atoms in total.